The van der Waals surface area contributed by atoms with Gasteiger partial charge in [-0.15, -0.1) is 0 Å². The molecule has 4 aromatic rings. The van der Waals surface area contributed by atoms with E-state index < -0.39 is 0 Å². The van der Waals surface area contributed by atoms with Crippen molar-refractivity contribution in [1.29, 1.82) is 0 Å². The van der Waals surface area contributed by atoms with E-state index in [-0.39, 0.29) is 6.03 Å². The Balaban J connectivity index is 1.39. The Hall–Kier alpha value is -3.74. The molecule has 0 bridgehead atoms. The number of nitrogens with one attached hydrogen (secondary N) is 2. The van der Waals surface area contributed by atoms with Gasteiger partial charge in [0.1, 0.15) is 0 Å². The molecule has 2 amide bonds. The SMILES string of the molecule is O=C(Nc1cccc(-c2nc(-c3ccc4ncccc4c3)no2)c1)NC1CC1. The lowest BCUT2D eigenvalue weighted by atomic mass is 10.1. The maximum Gasteiger partial charge on any atom is 0.319 e. The van der Waals surface area contributed by atoms with Crippen molar-refractivity contribution in [1.82, 2.24) is 20.4 Å². The topological polar surface area (TPSA) is 92.9 Å². The maximum atomic E-state index is 11.9. The summed E-state index contributed by atoms with van der Waals surface area (Å²) in [4.78, 5) is 20.8. The van der Waals surface area contributed by atoms with Crippen molar-refractivity contribution in [2.75, 3.05) is 5.32 Å². The molecule has 1 aliphatic rings. The summed E-state index contributed by atoms with van der Waals surface area (Å²) < 4.78 is 5.45. The van der Waals surface area contributed by atoms with Crippen LogP contribution in [0.2, 0.25) is 0 Å². The normalized spacial score (nSPS) is 13.4. The molecule has 1 aliphatic carbocycles. The number of hydrogen-bond acceptors (Lipinski definition) is 5. The Bertz CT molecular complexity index is 1170. The molecule has 5 rings (SSSR count). The number of fused-ring (bicyclic) bond motifs is 1. The number of benzene rings is 2. The fourth-order valence-electron chi connectivity index (χ4n) is 2.98. The van der Waals surface area contributed by atoms with Gasteiger partial charge in [0, 0.05) is 34.4 Å². The largest absolute Gasteiger partial charge is 0.335 e. The van der Waals surface area contributed by atoms with Gasteiger partial charge in [0.25, 0.3) is 5.89 Å². The second-order valence-corrected chi connectivity index (χ2v) is 6.79. The molecule has 28 heavy (non-hydrogen) atoms. The highest BCUT2D eigenvalue weighted by molar-refractivity contribution is 5.90. The molecule has 0 saturated heterocycles. The highest BCUT2D eigenvalue weighted by Crippen LogP contribution is 2.26. The van der Waals surface area contributed by atoms with Crippen LogP contribution in [0.1, 0.15) is 12.8 Å². The van der Waals surface area contributed by atoms with E-state index in [0.717, 1.165) is 34.9 Å². The van der Waals surface area contributed by atoms with E-state index in [0.29, 0.717) is 23.4 Å². The molecule has 0 spiro atoms. The van der Waals surface area contributed by atoms with E-state index >= 15 is 0 Å². The Morgan fingerprint density at radius 3 is 2.86 bits per heavy atom. The van der Waals surface area contributed by atoms with Crippen LogP contribution in [0.15, 0.2) is 65.3 Å². The van der Waals surface area contributed by atoms with E-state index in [4.69, 9.17) is 4.52 Å². The van der Waals surface area contributed by atoms with Crippen molar-refractivity contribution in [2.24, 2.45) is 0 Å². The molecule has 2 heterocycles. The molecular weight excluding hydrogens is 354 g/mol. The molecule has 0 atom stereocenters. The third kappa shape index (κ3) is 3.42. The van der Waals surface area contributed by atoms with Gasteiger partial charge in [-0.1, -0.05) is 17.3 Å². The Morgan fingerprint density at radius 1 is 1.04 bits per heavy atom. The number of pyridine rings is 1. The molecule has 0 unspecified atom stereocenters. The maximum absolute atomic E-state index is 11.9. The number of carbonyl (C=O) groups is 1. The number of rotatable bonds is 4. The first kappa shape index (κ1) is 16.4. The van der Waals surface area contributed by atoms with Gasteiger partial charge in [-0.3, -0.25) is 4.98 Å². The summed E-state index contributed by atoms with van der Waals surface area (Å²) in [5.41, 5.74) is 3.18. The number of amides is 2. The zero-order chi connectivity index (χ0) is 18.9. The van der Waals surface area contributed by atoms with Crippen molar-refractivity contribution in [3.63, 3.8) is 0 Å². The third-order valence-electron chi connectivity index (χ3n) is 4.57. The Morgan fingerprint density at radius 2 is 1.96 bits per heavy atom. The van der Waals surface area contributed by atoms with Gasteiger partial charge in [0.05, 0.1) is 5.52 Å². The molecule has 2 N–H and O–H groups in total. The first-order valence-electron chi connectivity index (χ1n) is 9.11. The van der Waals surface area contributed by atoms with E-state index in [1.165, 1.54) is 0 Å². The summed E-state index contributed by atoms with van der Waals surface area (Å²) in [5, 5.41) is 10.8. The first-order chi connectivity index (χ1) is 13.7. The predicted molar refractivity (Wildman–Crippen MR) is 106 cm³/mol. The van der Waals surface area contributed by atoms with Gasteiger partial charge in [-0.2, -0.15) is 4.98 Å². The van der Waals surface area contributed by atoms with Crippen molar-refractivity contribution < 1.29 is 9.32 Å². The van der Waals surface area contributed by atoms with E-state index in [9.17, 15) is 4.79 Å². The summed E-state index contributed by atoms with van der Waals surface area (Å²) in [6.45, 7) is 0. The van der Waals surface area contributed by atoms with Crippen LogP contribution < -0.4 is 10.6 Å². The van der Waals surface area contributed by atoms with Crippen LogP contribution >= 0.6 is 0 Å². The predicted octanol–water partition coefficient (Wildman–Crippen LogP) is 4.24. The van der Waals surface area contributed by atoms with E-state index in [2.05, 4.69) is 25.8 Å². The minimum Gasteiger partial charge on any atom is -0.335 e. The van der Waals surface area contributed by atoms with Crippen LogP contribution in [-0.4, -0.2) is 27.2 Å². The minimum atomic E-state index is -0.198. The van der Waals surface area contributed by atoms with Crippen LogP contribution in [0.4, 0.5) is 10.5 Å². The van der Waals surface area contributed by atoms with E-state index in [1.54, 1.807) is 6.20 Å². The summed E-state index contributed by atoms with van der Waals surface area (Å²) in [6, 6.07) is 17.2. The number of anilines is 1. The second-order valence-electron chi connectivity index (χ2n) is 6.79. The van der Waals surface area contributed by atoms with Crippen molar-refractivity contribution in [3.05, 3.63) is 60.8 Å². The Labute approximate surface area is 160 Å². The molecule has 2 aromatic carbocycles. The van der Waals surface area contributed by atoms with Crippen LogP contribution in [0.3, 0.4) is 0 Å². The number of aromatic nitrogens is 3. The van der Waals surface area contributed by atoms with Crippen LogP contribution in [0.5, 0.6) is 0 Å². The van der Waals surface area contributed by atoms with Crippen LogP contribution in [0.25, 0.3) is 33.7 Å². The van der Waals surface area contributed by atoms with Crippen molar-refractivity contribution in [2.45, 2.75) is 18.9 Å². The van der Waals surface area contributed by atoms with E-state index in [1.807, 2.05) is 54.6 Å². The summed E-state index contributed by atoms with van der Waals surface area (Å²) in [5.74, 6) is 0.901. The molecule has 1 saturated carbocycles. The number of hydrogen-bond donors (Lipinski definition) is 2. The summed E-state index contributed by atoms with van der Waals surface area (Å²) in [6.07, 6.45) is 3.85. The van der Waals surface area contributed by atoms with Crippen molar-refractivity contribution >= 4 is 22.6 Å². The zero-order valence-electron chi connectivity index (χ0n) is 14.9. The average molecular weight is 371 g/mol. The van der Waals surface area contributed by atoms with Gasteiger partial charge in [-0.25, -0.2) is 4.79 Å². The van der Waals surface area contributed by atoms with Gasteiger partial charge in [-0.05, 0) is 55.3 Å². The van der Waals surface area contributed by atoms with Gasteiger partial charge >= 0.3 is 6.03 Å². The summed E-state index contributed by atoms with van der Waals surface area (Å²) >= 11 is 0. The lowest BCUT2D eigenvalue weighted by Gasteiger charge is -2.07. The molecule has 0 aliphatic heterocycles. The average Bonchev–Trinajstić information content (AvgIpc) is 3.39. The minimum absolute atomic E-state index is 0.198. The molecule has 2 aromatic heterocycles. The molecule has 1 fully saturated rings. The highest BCUT2D eigenvalue weighted by atomic mass is 16.5. The standard InChI is InChI=1S/C21H17N5O2/c27-21(23-16-7-8-16)24-17-5-1-3-15(12-17)20-25-19(26-28-20)14-6-9-18-13(11-14)4-2-10-22-18/h1-6,9-12,16H,7-8H2,(H2,23,24,27). The molecule has 7 nitrogen and oxygen atoms in total. The van der Waals surface area contributed by atoms with Crippen molar-refractivity contribution in [3.8, 4) is 22.8 Å². The zero-order valence-corrected chi connectivity index (χ0v) is 14.9. The molecular formula is C21H17N5O2. The third-order valence-corrected chi connectivity index (χ3v) is 4.57. The van der Waals surface area contributed by atoms with Gasteiger partial charge in [0.2, 0.25) is 5.82 Å². The van der Waals surface area contributed by atoms with Crippen LogP contribution in [-0.2, 0) is 0 Å². The number of carbonyl (C=O) groups excluding carboxylic acids is 1. The summed E-state index contributed by atoms with van der Waals surface area (Å²) in [7, 11) is 0. The lowest BCUT2D eigenvalue weighted by molar-refractivity contribution is 0.251. The Kier molecular flexibility index (Phi) is 3.97. The fraction of sp³-hybridized carbons (Fsp3) is 0.143. The molecule has 7 heteroatoms. The lowest BCUT2D eigenvalue weighted by Crippen LogP contribution is -2.30. The molecule has 138 valence electrons. The van der Waals surface area contributed by atoms with Gasteiger partial charge in [0.15, 0.2) is 0 Å². The van der Waals surface area contributed by atoms with Gasteiger partial charge < -0.3 is 15.2 Å². The fourth-order valence-corrected chi connectivity index (χ4v) is 2.98. The van der Waals surface area contributed by atoms with Crippen LogP contribution in [0, 0.1) is 0 Å². The smallest absolute Gasteiger partial charge is 0.319 e. The first-order valence-corrected chi connectivity index (χ1v) is 9.11. The second kappa shape index (κ2) is 6.77. The number of urea groups is 1. The highest BCUT2D eigenvalue weighted by Gasteiger charge is 2.23. The monoisotopic (exact) mass is 371 g/mol. The number of nitrogens with zero attached hydrogens (tertiary/aromatic N) is 3. The quantitative estimate of drug-likeness (QED) is 0.560. The molecule has 0 radical (unpaired) electrons.